The summed E-state index contributed by atoms with van der Waals surface area (Å²) in [5.74, 6) is 0.156. The Bertz CT molecular complexity index is 1130. The van der Waals surface area contributed by atoms with Crippen LogP contribution in [0.5, 0.6) is 0 Å². The molecule has 20 heteroatoms. The van der Waals surface area contributed by atoms with Gasteiger partial charge in [-0.1, -0.05) is 0 Å². The highest BCUT2D eigenvalue weighted by molar-refractivity contribution is 7.86. The molecule has 0 amide bonds. The van der Waals surface area contributed by atoms with E-state index >= 15 is 0 Å². The van der Waals surface area contributed by atoms with Crippen molar-refractivity contribution in [1.29, 1.82) is 0 Å². The highest BCUT2D eigenvalue weighted by atomic mass is 31.3. The number of halogens is 2. The zero-order chi connectivity index (χ0) is 23.2. The first kappa shape index (κ1) is 24.4. The van der Waals surface area contributed by atoms with Gasteiger partial charge in [0.1, 0.15) is 18.1 Å². The molecule has 4 unspecified atom stereocenters. The Kier molecular flexibility index (Phi) is 6.49. The molecule has 0 aromatic carbocycles. The number of hydrogen-bond donors (Lipinski definition) is 4. The fourth-order valence-corrected chi connectivity index (χ4v) is 6.51. The Labute approximate surface area is 173 Å². The average molecular weight is 503 g/mol. The molecular formula is C11H15BF2N5O9P3-. The second-order valence-corrected chi connectivity index (χ2v) is 12.0. The number of ether oxygens (including phenoxy) is 1. The van der Waals surface area contributed by atoms with Crippen LogP contribution in [0.3, 0.4) is 0 Å². The van der Waals surface area contributed by atoms with Crippen molar-refractivity contribution in [1.82, 2.24) is 19.5 Å². The van der Waals surface area contributed by atoms with Gasteiger partial charge in [0.25, 0.3) is 0 Å². The summed E-state index contributed by atoms with van der Waals surface area (Å²) in [5, 5.41) is -5.54. The van der Waals surface area contributed by atoms with E-state index < -0.39 is 47.0 Å². The predicted molar refractivity (Wildman–Crippen MR) is 100 cm³/mol. The Morgan fingerprint density at radius 1 is 1.26 bits per heavy atom. The number of nitrogen functional groups attached to an aromatic ring is 1. The van der Waals surface area contributed by atoms with Crippen LogP contribution in [-0.4, -0.2) is 59.9 Å². The Hall–Kier alpha value is -1.28. The summed E-state index contributed by atoms with van der Waals surface area (Å²) in [4.78, 5) is 38.2. The van der Waals surface area contributed by atoms with Crippen LogP contribution in [0.2, 0.25) is 0 Å². The number of rotatable bonds is 8. The van der Waals surface area contributed by atoms with Crippen molar-refractivity contribution < 1.29 is 50.7 Å². The van der Waals surface area contributed by atoms with Gasteiger partial charge < -0.3 is 41.8 Å². The Morgan fingerprint density at radius 2 is 1.94 bits per heavy atom. The maximum atomic E-state index is 13.5. The predicted octanol–water partition coefficient (Wildman–Crippen LogP) is 1.31. The van der Waals surface area contributed by atoms with Gasteiger partial charge in [-0.2, -0.15) is 8.78 Å². The van der Waals surface area contributed by atoms with Gasteiger partial charge >= 0.3 is 20.6 Å². The quantitative estimate of drug-likeness (QED) is 0.296. The van der Waals surface area contributed by atoms with E-state index in [1.54, 1.807) is 4.57 Å². The lowest BCUT2D eigenvalue weighted by Gasteiger charge is -2.32. The first-order chi connectivity index (χ1) is 14.1. The Balaban J connectivity index is 1.63. The summed E-state index contributed by atoms with van der Waals surface area (Å²) < 4.78 is 76.8. The molecule has 1 aliphatic rings. The van der Waals surface area contributed by atoms with E-state index in [1.165, 1.54) is 12.7 Å². The minimum absolute atomic E-state index is 0.156. The van der Waals surface area contributed by atoms with Crippen molar-refractivity contribution in [2.75, 3.05) is 12.3 Å². The molecule has 4 atom stereocenters. The van der Waals surface area contributed by atoms with Gasteiger partial charge in [-0.3, -0.25) is 18.0 Å². The van der Waals surface area contributed by atoms with Gasteiger partial charge in [-0.25, -0.2) is 15.0 Å². The minimum atomic E-state index is -6.47. The van der Waals surface area contributed by atoms with Crippen LogP contribution in [0.15, 0.2) is 12.7 Å². The minimum Gasteiger partial charge on any atom is -0.443 e. The summed E-state index contributed by atoms with van der Waals surface area (Å²) in [6.45, 7) is -0.602. The molecule has 0 bridgehead atoms. The lowest BCUT2D eigenvalue weighted by molar-refractivity contribution is -0.0167. The van der Waals surface area contributed by atoms with Gasteiger partial charge in [-0.05, 0) is 12.8 Å². The molecule has 0 saturated carbocycles. The van der Waals surface area contributed by atoms with Gasteiger partial charge in [0, 0.05) is 0 Å². The first-order valence-electron chi connectivity index (χ1n) is 8.24. The third-order valence-electron chi connectivity index (χ3n) is 4.14. The molecule has 0 spiro atoms. The number of nitrogens with zero attached hydrogens (tertiary/aromatic N) is 4. The first-order valence-corrected chi connectivity index (χ1v) is 13.0. The number of fused-ring (bicyclic) bond motifs is 1. The van der Waals surface area contributed by atoms with Crippen molar-refractivity contribution in [3.8, 4) is 0 Å². The van der Waals surface area contributed by atoms with Crippen LogP contribution in [0.4, 0.5) is 14.6 Å². The smallest absolute Gasteiger partial charge is 0.443 e. The standard InChI is InChI=1S/C11H15BF2N5O9P3/c12-31(25,28-30(23,24)11(13,14)29(20,21)22)26-3-6-1-2-7(27-6)19-5-18-8-9(15)16-4-17-10(8)19/h4-7H,1-3H2,(H,23,24)(H2,15,16,17)(H2,20,21,22)/q-1. The van der Waals surface area contributed by atoms with E-state index in [2.05, 4.69) is 23.8 Å². The number of aromatic nitrogens is 4. The normalized spacial score (nSPS) is 24.2. The molecule has 2 aromatic rings. The van der Waals surface area contributed by atoms with E-state index in [0.717, 1.165) is 0 Å². The van der Waals surface area contributed by atoms with Gasteiger partial charge in [0.05, 0.1) is 26.5 Å². The third-order valence-corrected chi connectivity index (χ3v) is 9.36. The van der Waals surface area contributed by atoms with Gasteiger partial charge in [0.15, 0.2) is 11.5 Å². The van der Waals surface area contributed by atoms with E-state index in [4.69, 9.17) is 27.8 Å². The molecule has 1 fully saturated rings. The summed E-state index contributed by atoms with van der Waals surface area (Å²) in [6.07, 6.45) is 1.95. The summed E-state index contributed by atoms with van der Waals surface area (Å²) >= 11 is 0. The fraction of sp³-hybridized carbons (Fsp3) is 0.545. The number of alkyl halides is 2. The van der Waals surface area contributed by atoms with Crippen LogP contribution in [0, 0.1) is 0 Å². The van der Waals surface area contributed by atoms with Crippen molar-refractivity contribution >= 4 is 47.2 Å². The molecule has 3 rings (SSSR count). The van der Waals surface area contributed by atoms with Crippen molar-refractivity contribution in [3.63, 3.8) is 0 Å². The Morgan fingerprint density at radius 3 is 2.58 bits per heavy atom. The van der Waals surface area contributed by atoms with Crippen molar-refractivity contribution in [2.24, 2.45) is 0 Å². The second-order valence-electron chi connectivity index (χ2n) is 6.36. The molecule has 1 saturated heterocycles. The lowest BCUT2D eigenvalue weighted by Crippen LogP contribution is -2.19. The molecule has 2 aromatic heterocycles. The molecule has 14 nitrogen and oxygen atoms in total. The highest BCUT2D eigenvalue weighted by Crippen LogP contribution is 2.77. The van der Waals surface area contributed by atoms with Crippen LogP contribution in [0.25, 0.3) is 11.2 Å². The van der Waals surface area contributed by atoms with Crippen LogP contribution < -0.4 is 5.73 Å². The monoisotopic (exact) mass is 503 g/mol. The zero-order valence-electron chi connectivity index (χ0n) is 15.3. The van der Waals surface area contributed by atoms with E-state index in [-0.39, 0.29) is 5.82 Å². The second kappa shape index (κ2) is 8.25. The topological polar surface area (TPSA) is 209 Å². The number of anilines is 1. The molecule has 171 valence electrons. The van der Waals surface area contributed by atoms with E-state index in [9.17, 15) is 27.4 Å². The largest absolute Gasteiger partial charge is 0.444 e. The third kappa shape index (κ3) is 4.90. The summed E-state index contributed by atoms with van der Waals surface area (Å²) in [6, 6.07) is 0. The maximum absolute atomic E-state index is 13.5. The van der Waals surface area contributed by atoms with Gasteiger partial charge in [-0.15, -0.1) is 0 Å². The van der Waals surface area contributed by atoms with E-state index in [0.29, 0.717) is 24.0 Å². The van der Waals surface area contributed by atoms with Crippen LogP contribution >= 0.6 is 22.7 Å². The fourth-order valence-electron chi connectivity index (χ4n) is 2.67. The molecule has 3 radical (unpaired) electrons. The van der Waals surface area contributed by atoms with Gasteiger partial charge in [0.2, 0.25) is 0 Å². The molecular weight excluding hydrogens is 488 g/mol. The molecule has 31 heavy (non-hydrogen) atoms. The van der Waals surface area contributed by atoms with Crippen molar-refractivity contribution in [2.45, 2.75) is 30.6 Å². The highest BCUT2D eigenvalue weighted by Gasteiger charge is 2.65. The average Bonchev–Trinajstić information content (AvgIpc) is 3.25. The SMILES string of the molecule is [B-]P(=O)(OCC1CCC(n2cnc3c(N)ncnc32)O1)OP(=O)(O)C(F)(F)P(=O)(O)O. The number of imidazole rings is 1. The molecule has 3 heterocycles. The summed E-state index contributed by atoms with van der Waals surface area (Å²) in [7, 11) is -13.0. The number of nitrogens with two attached hydrogens (primary N) is 1. The lowest BCUT2D eigenvalue weighted by atomic mass is 10.2. The molecule has 5 N–H and O–H groups in total. The molecule has 1 aliphatic heterocycles. The van der Waals surface area contributed by atoms with Crippen LogP contribution in [-0.2, 0) is 27.3 Å². The van der Waals surface area contributed by atoms with E-state index in [1.807, 2.05) is 0 Å². The maximum Gasteiger partial charge on any atom is 0.444 e. The van der Waals surface area contributed by atoms with Crippen molar-refractivity contribution in [3.05, 3.63) is 12.7 Å². The number of hydrogen-bond acceptors (Lipinski definition) is 10. The zero-order valence-corrected chi connectivity index (χ0v) is 17.9. The molecule has 0 aliphatic carbocycles. The summed E-state index contributed by atoms with van der Waals surface area (Å²) in [5.41, 5.74) is 6.43. The van der Waals surface area contributed by atoms with Crippen LogP contribution in [0.1, 0.15) is 19.1 Å².